The number of ether oxygens (including phenoxy) is 1. The van der Waals surface area contributed by atoms with Crippen LogP contribution >= 0.6 is 11.8 Å². The van der Waals surface area contributed by atoms with E-state index < -0.39 is 17.1 Å². The zero-order valence-electron chi connectivity index (χ0n) is 19.1. The molecule has 0 saturated carbocycles. The van der Waals surface area contributed by atoms with Crippen molar-refractivity contribution in [2.45, 2.75) is 20.8 Å². The molecule has 0 atom stereocenters. The van der Waals surface area contributed by atoms with Gasteiger partial charge in [0.05, 0.1) is 23.4 Å². The molecule has 0 spiro atoms. The number of pyridine rings is 1. The van der Waals surface area contributed by atoms with E-state index in [1.807, 2.05) is 43.5 Å². The van der Waals surface area contributed by atoms with E-state index in [9.17, 15) is 14.4 Å². The minimum atomic E-state index is -0.483. The minimum absolute atomic E-state index is 0.283. The Morgan fingerprint density at radius 2 is 1.94 bits per heavy atom. The van der Waals surface area contributed by atoms with Crippen molar-refractivity contribution in [1.82, 2.24) is 14.5 Å². The summed E-state index contributed by atoms with van der Waals surface area (Å²) in [6, 6.07) is 12.7. The second kappa shape index (κ2) is 9.96. The highest BCUT2D eigenvalue weighted by Gasteiger charge is 2.36. The highest BCUT2D eigenvalue weighted by molar-refractivity contribution is 8.18. The van der Waals surface area contributed by atoms with E-state index in [1.54, 1.807) is 42.7 Å². The first-order valence-electron chi connectivity index (χ1n) is 10.7. The van der Waals surface area contributed by atoms with Crippen LogP contribution in [0.15, 0.2) is 59.8 Å². The Hall–Kier alpha value is -3.85. The van der Waals surface area contributed by atoms with E-state index in [2.05, 4.69) is 10.3 Å². The van der Waals surface area contributed by atoms with Crippen LogP contribution in [0.2, 0.25) is 0 Å². The van der Waals surface area contributed by atoms with Crippen LogP contribution < -0.4 is 10.1 Å². The molecule has 0 unspecified atom stereocenters. The molecule has 3 aromatic rings. The van der Waals surface area contributed by atoms with Crippen LogP contribution in [-0.4, -0.2) is 44.7 Å². The molecule has 3 amide bonds. The van der Waals surface area contributed by atoms with Gasteiger partial charge in [-0.2, -0.15) is 0 Å². The SMILES string of the molecule is CCOc1ccc(NC(=O)CN2C(=O)SC(=Cc3cc(C)n(-c4cccnc4)c3C)C2=O)cc1. The number of hydrogen-bond acceptors (Lipinski definition) is 6. The highest BCUT2D eigenvalue weighted by atomic mass is 32.2. The van der Waals surface area contributed by atoms with Gasteiger partial charge >= 0.3 is 0 Å². The molecule has 1 aromatic carbocycles. The lowest BCUT2D eigenvalue weighted by molar-refractivity contribution is -0.127. The third-order valence-electron chi connectivity index (χ3n) is 5.29. The summed E-state index contributed by atoms with van der Waals surface area (Å²) in [5.41, 5.74) is 4.19. The van der Waals surface area contributed by atoms with Gasteiger partial charge in [-0.05, 0) is 86.6 Å². The van der Waals surface area contributed by atoms with E-state index in [0.717, 1.165) is 39.3 Å². The van der Waals surface area contributed by atoms with Gasteiger partial charge in [-0.3, -0.25) is 24.3 Å². The second-order valence-electron chi connectivity index (χ2n) is 7.65. The molecule has 1 saturated heterocycles. The van der Waals surface area contributed by atoms with Crippen molar-refractivity contribution >= 4 is 40.6 Å². The number of imide groups is 1. The number of rotatable bonds is 7. The summed E-state index contributed by atoms with van der Waals surface area (Å²) in [6.07, 6.45) is 5.17. The predicted octanol–water partition coefficient (Wildman–Crippen LogP) is 4.56. The Morgan fingerprint density at radius 3 is 2.62 bits per heavy atom. The number of anilines is 1. The van der Waals surface area contributed by atoms with Gasteiger partial charge in [0.15, 0.2) is 0 Å². The number of thioether (sulfide) groups is 1. The van der Waals surface area contributed by atoms with Gasteiger partial charge in [0, 0.05) is 23.3 Å². The summed E-state index contributed by atoms with van der Waals surface area (Å²) in [5, 5.41) is 2.23. The average molecular weight is 477 g/mol. The molecule has 9 heteroatoms. The molecule has 4 rings (SSSR count). The summed E-state index contributed by atoms with van der Waals surface area (Å²) >= 11 is 0.832. The lowest BCUT2D eigenvalue weighted by Crippen LogP contribution is -2.36. The Kier molecular flexibility index (Phi) is 6.83. The quantitative estimate of drug-likeness (QED) is 0.503. The number of aromatic nitrogens is 2. The van der Waals surface area contributed by atoms with E-state index >= 15 is 0 Å². The summed E-state index contributed by atoms with van der Waals surface area (Å²) in [4.78, 5) is 43.3. The van der Waals surface area contributed by atoms with Crippen molar-refractivity contribution < 1.29 is 19.1 Å². The highest BCUT2D eigenvalue weighted by Crippen LogP contribution is 2.33. The Bertz CT molecular complexity index is 1270. The maximum atomic E-state index is 12.9. The molecule has 1 N–H and O–H groups in total. The number of carbonyl (C=O) groups is 3. The van der Waals surface area contributed by atoms with Crippen LogP contribution in [0.3, 0.4) is 0 Å². The van der Waals surface area contributed by atoms with E-state index in [0.29, 0.717) is 18.0 Å². The molecule has 3 heterocycles. The summed E-state index contributed by atoms with van der Waals surface area (Å²) in [6.45, 7) is 5.99. The number of nitrogens with zero attached hydrogens (tertiary/aromatic N) is 3. The molecular formula is C25H24N4O4S. The van der Waals surface area contributed by atoms with Gasteiger partial charge in [-0.15, -0.1) is 0 Å². The summed E-state index contributed by atoms with van der Waals surface area (Å²) in [7, 11) is 0. The number of aryl methyl sites for hydroxylation is 1. The Labute approximate surface area is 201 Å². The van der Waals surface area contributed by atoms with Crippen LogP contribution in [0.25, 0.3) is 11.8 Å². The van der Waals surface area contributed by atoms with Gasteiger partial charge < -0.3 is 14.6 Å². The third kappa shape index (κ3) is 4.89. The van der Waals surface area contributed by atoms with Crippen molar-refractivity contribution in [3.8, 4) is 11.4 Å². The maximum Gasteiger partial charge on any atom is 0.294 e. The van der Waals surface area contributed by atoms with E-state index in [4.69, 9.17) is 4.74 Å². The number of hydrogen-bond donors (Lipinski definition) is 1. The van der Waals surface area contributed by atoms with Crippen LogP contribution in [0.4, 0.5) is 10.5 Å². The lowest BCUT2D eigenvalue weighted by atomic mass is 10.2. The number of amides is 3. The molecule has 1 aliphatic rings. The van der Waals surface area contributed by atoms with Crippen molar-refractivity contribution in [2.24, 2.45) is 0 Å². The van der Waals surface area contributed by atoms with Gasteiger partial charge in [-0.1, -0.05) is 0 Å². The lowest BCUT2D eigenvalue weighted by Gasteiger charge is -2.12. The zero-order chi connectivity index (χ0) is 24.2. The van der Waals surface area contributed by atoms with Gasteiger partial charge in [-0.25, -0.2) is 0 Å². The molecule has 0 aliphatic carbocycles. The first-order chi connectivity index (χ1) is 16.4. The first-order valence-corrected chi connectivity index (χ1v) is 11.6. The standard InChI is InChI=1S/C25H24N4O4S/c1-4-33-21-9-7-19(8-10-21)27-23(30)15-28-24(31)22(34-25(28)32)13-18-12-16(2)29(17(18)3)20-6-5-11-26-14-20/h5-14H,4,15H2,1-3H3,(H,27,30). The van der Waals surface area contributed by atoms with Crippen molar-refractivity contribution in [3.05, 3.63) is 76.7 Å². The maximum absolute atomic E-state index is 12.9. The summed E-state index contributed by atoms with van der Waals surface area (Å²) < 4.78 is 7.42. The fraction of sp³-hybridized carbons (Fsp3) is 0.200. The molecule has 0 bridgehead atoms. The number of nitrogens with one attached hydrogen (secondary N) is 1. The van der Waals surface area contributed by atoms with Crippen LogP contribution in [-0.2, 0) is 9.59 Å². The normalized spacial score (nSPS) is 14.7. The van der Waals surface area contributed by atoms with E-state index in [1.165, 1.54) is 0 Å². The molecular weight excluding hydrogens is 452 g/mol. The number of carbonyl (C=O) groups excluding carboxylic acids is 3. The van der Waals surface area contributed by atoms with Crippen LogP contribution in [0.5, 0.6) is 5.75 Å². The molecule has 1 fully saturated rings. The van der Waals surface area contributed by atoms with Crippen molar-refractivity contribution in [1.29, 1.82) is 0 Å². The predicted molar refractivity (Wildman–Crippen MR) is 132 cm³/mol. The number of benzene rings is 1. The fourth-order valence-corrected chi connectivity index (χ4v) is 4.57. The molecule has 2 aromatic heterocycles. The zero-order valence-corrected chi connectivity index (χ0v) is 19.9. The average Bonchev–Trinajstić information content (AvgIpc) is 3.25. The van der Waals surface area contributed by atoms with Crippen LogP contribution in [0, 0.1) is 13.8 Å². The fourth-order valence-electron chi connectivity index (χ4n) is 3.74. The topological polar surface area (TPSA) is 93.5 Å². The van der Waals surface area contributed by atoms with Gasteiger partial charge in [0.25, 0.3) is 11.1 Å². The molecule has 0 radical (unpaired) electrons. The van der Waals surface area contributed by atoms with Gasteiger partial charge in [0.2, 0.25) is 5.91 Å². The molecule has 174 valence electrons. The van der Waals surface area contributed by atoms with Crippen LogP contribution in [0.1, 0.15) is 23.9 Å². The molecule has 8 nitrogen and oxygen atoms in total. The largest absolute Gasteiger partial charge is 0.494 e. The van der Waals surface area contributed by atoms with Crippen molar-refractivity contribution in [2.75, 3.05) is 18.5 Å². The monoisotopic (exact) mass is 476 g/mol. The second-order valence-corrected chi connectivity index (χ2v) is 8.64. The third-order valence-corrected chi connectivity index (χ3v) is 6.19. The Morgan fingerprint density at radius 1 is 1.18 bits per heavy atom. The smallest absolute Gasteiger partial charge is 0.294 e. The van der Waals surface area contributed by atoms with Gasteiger partial charge in [0.1, 0.15) is 12.3 Å². The molecule has 1 aliphatic heterocycles. The van der Waals surface area contributed by atoms with E-state index in [-0.39, 0.29) is 11.4 Å². The first kappa shape index (κ1) is 23.3. The van der Waals surface area contributed by atoms with Crippen molar-refractivity contribution in [3.63, 3.8) is 0 Å². The molecule has 34 heavy (non-hydrogen) atoms. The summed E-state index contributed by atoms with van der Waals surface area (Å²) in [5.74, 6) is -0.245. The Balaban J connectivity index is 1.47. The minimum Gasteiger partial charge on any atom is -0.494 e.